The van der Waals surface area contributed by atoms with Crippen molar-refractivity contribution in [1.29, 1.82) is 0 Å². The van der Waals surface area contributed by atoms with Gasteiger partial charge < -0.3 is 14.6 Å². The highest BCUT2D eigenvalue weighted by molar-refractivity contribution is 5.92. The number of amides is 1. The summed E-state index contributed by atoms with van der Waals surface area (Å²) in [6, 6.07) is 7.71. The third-order valence-electron chi connectivity index (χ3n) is 3.25. The monoisotopic (exact) mass is 313 g/mol. The molecule has 0 aliphatic rings. The van der Waals surface area contributed by atoms with Crippen LogP contribution in [0.5, 0.6) is 5.75 Å². The SMILES string of the molecule is CCCOc1ccccc1/C=C/C(=O)NCCCn1ccnc1. The Morgan fingerprint density at radius 3 is 3.04 bits per heavy atom. The molecule has 2 aromatic rings. The molecule has 1 amide bonds. The summed E-state index contributed by atoms with van der Waals surface area (Å²) in [6.07, 6.45) is 10.6. The summed E-state index contributed by atoms with van der Waals surface area (Å²) in [4.78, 5) is 15.8. The summed E-state index contributed by atoms with van der Waals surface area (Å²) in [7, 11) is 0. The first-order valence-electron chi connectivity index (χ1n) is 7.93. The number of nitrogens with zero attached hydrogens (tertiary/aromatic N) is 2. The molecule has 23 heavy (non-hydrogen) atoms. The summed E-state index contributed by atoms with van der Waals surface area (Å²) in [5.41, 5.74) is 0.912. The van der Waals surface area contributed by atoms with Gasteiger partial charge >= 0.3 is 0 Å². The second-order valence-corrected chi connectivity index (χ2v) is 5.16. The summed E-state index contributed by atoms with van der Waals surface area (Å²) >= 11 is 0. The number of rotatable bonds is 9. The summed E-state index contributed by atoms with van der Waals surface area (Å²) in [5.74, 6) is 0.708. The van der Waals surface area contributed by atoms with Crippen LogP contribution in [-0.2, 0) is 11.3 Å². The molecular formula is C18H23N3O2. The minimum atomic E-state index is -0.0964. The van der Waals surface area contributed by atoms with Crippen LogP contribution in [0.2, 0.25) is 0 Å². The number of aromatic nitrogens is 2. The van der Waals surface area contributed by atoms with Crippen LogP contribution in [0.15, 0.2) is 49.1 Å². The molecule has 0 radical (unpaired) electrons. The van der Waals surface area contributed by atoms with Crippen LogP contribution in [-0.4, -0.2) is 28.6 Å². The lowest BCUT2D eigenvalue weighted by molar-refractivity contribution is -0.116. The van der Waals surface area contributed by atoms with E-state index in [-0.39, 0.29) is 5.91 Å². The van der Waals surface area contributed by atoms with Crippen molar-refractivity contribution in [2.75, 3.05) is 13.2 Å². The molecule has 5 nitrogen and oxygen atoms in total. The molecule has 0 unspecified atom stereocenters. The van der Waals surface area contributed by atoms with Gasteiger partial charge in [0.1, 0.15) is 5.75 Å². The van der Waals surface area contributed by atoms with Crippen molar-refractivity contribution in [3.63, 3.8) is 0 Å². The molecule has 0 saturated carbocycles. The molecule has 122 valence electrons. The van der Waals surface area contributed by atoms with E-state index in [1.807, 2.05) is 35.0 Å². The molecule has 0 saturated heterocycles. The largest absolute Gasteiger partial charge is 0.493 e. The number of imidazole rings is 1. The highest BCUT2D eigenvalue weighted by Gasteiger charge is 2.00. The molecule has 0 fully saturated rings. The van der Waals surface area contributed by atoms with Crippen molar-refractivity contribution in [2.24, 2.45) is 0 Å². The van der Waals surface area contributed by atoms with E-state index in [4.69, 9.17) is 4.74 Å². The number of carbonyl (C=O) groups excluding carboxylic acids is 1. The Balaban J connectivity index is 1.77. The summed E-state index contributed by atoms with van der Waals surface area (Å²) < 4.78 is 7.66. The van der Waals surface area contributed by atoms with Crippen LogP contribution in [0.1, 0.15) is 25.3 Å². The van der Waals surface area contributed by atoms with Gasteiger partial charge in [-0.2, -0.15) is 0 Å². The van der Waals surface area contributed by atoms with E-state index >= 15 is 0 Å². The van der Waals surface area contributed by atoms with E-state index in [0.717, 1.165) is 30.7 Å². The normalized spacial score (nSPS) is 10.8. The van der Waals surface area contributed by atoms with Gasteiger partial charge in [0.05, 0.1) is 12.9 Å². The average Bonchev–Trinajstić information content (AvgIpc) is 3.09. The maximum atomic E-state index is 11.8. The summed E-state index contributed by atoms with van der Waals surface area (Å²) in [6.45, 7) is 4.22. The van der Waals surface area contributed by atoms with Gasteiger partial charge in [-0.15, -0.1) is 0 Å². The maximum absolute atomic E-state index is 11.8. The topological polar surface area (TPSA) is 56.1 Å². The van der Waals surface area contributed by atoms with Crippen molar-refractivity contribution in [3.05, 3.63) is 54.6 Å². The van der Waals surface area contributed by atoms with E-state index in [0.29, 0.717) is 13.2 Å². The van der Waals surface area contributed by atoms with Gasteiger partial charge in [0.25, 0.3) is 0 Å². The zero-order chi connectivity index (χ0) is 16.3. The molecule has 0 atom stereocenters. The van der Waals surface area contributed by atoms with Crippen LogP contribution in [0.25, 0.3) is 6.08 Å². The van der Waals surface area contributed by atoms with Crippen LogP contribution in [0.3, 0.4) is 0 Å². The predicted octanol–water partition coefficient (Wildman–Crippen LogP) is 2.89. The first kappa shape index (κ1) is 16.8. The fraction of sp³-hybridized carbons (Fsp3) is 0.333. The van der Waals surface area contributed by atoms with Crippen molar-refractivity contribution >= 4 is 12.0 Å². The lowest BCUT2D eigenvalue weighted by Crippen LogP contribution is -2.22. The zero-order valence-corrected chi connectivity index (χ0v) is 13.4. The Hall–Kier alpha value is -2.56. The predicted molar refractivity (Wildman–Crippen MR) is 91.1 cm³/mol. The molecule has 2 rings (SSSR count). The van der Waals surface area contributed by atoms with Gasteiger partial charge in [-0.25, -0.2) is 4.98 Å². The zero-order valence-electron chi connectivity index (χ0n) is 13.4. The third kappa shape index (κ3) is 5.98. The highest BCUT2D eigenvalue weighted by atomic mass is 16.5. The van der Waals surface area contributed by atoms with Crippen LogP contribution >= 0.6 is 0 Å². The molecule has 1 aromatic carbocycles. The molecule has 1 N–H and O–H groups in total. The van der Waals surface area contributed by atoms with Crippen LogP contribution in [0.4, 0.5) is 0 Å². The van der Waals surface area contributed by atoms with Crippen molar-refractivity contribution in [2.45, 2.75) is 26.3 Å². The standard InChI is InChI=1S/C18H23N3O2/c1-2-14-23-17-7-4-3-6-16(17)8-9-18(22)20-10-5-12-21-13-11-19-15-21/h3-4,6-9,11,13,15H,2,5,10,12,14H2,1H3,(H,20,22)/b9-8+. The highest BCUT2D eigenvalue weighted by Crippen LogP contribution is 2.19. The van der Waals surface area contributed by atoms with Crippen LogP contribution in [0, 0.1) is 0 Å². The Labute approximate surface area is 137 Å². The minimum Gasteiger partial charge on any atom is -0.493 e. The van der Waals surface area contributed by atoms with E-state index in [9.17, 15) is 4.79 Å². The average molecular weight is 313 g/mol. The lowest BCUT2D eigenvalue weighted by atomic mass is 10.2. The Kier molecular flexibility index (Phi) is 6.91. The van der Waals surface area contributed by atoms with E-state index < -0.39 is 0 Å². The van der Waals surface area contributed by atoms with Gasteiger partial charge in [-0.05, 0) is 25.0 Å². The van der Waals surface area contributed by atoms with Gasteiger partial charge in [0, 0.05) is 37.1 Å². The van der Waals surface area contributed by atoms with Crippen molar-refractivity contribution < 1.29 is 9.53 Å². The van der Waals surface area contributed by atoms with Gasteiger partial charge in [-0.1, -0.05) is 25.1 Å². The summed E-state index contributed by atoms with van der Waals surface area (Å²) in [5, 5.41) is 2.88. The first-order chi connectivity index (χ1) is 11.3. The number of para-hydroxylation sites is 1. The number of carbonyl (C=O) groups is 1. The second kappa shape index (κ2) is 9.46. The maximum Gasteiger partial charge on any atom is 0.244 e. The van der Waals surface area contributed by atoms with E-state index in [2.05, 4.69) is 17.2 Å². The molecular weight excluding hydrogens is 290 g/mol. The van der Waals surface area contributed by atoms with Crippen molar-refractivity contribution in [3.8, 4) is 5.75 Å². The number of hydrogen-bond donors (Lipinski definition) is 1. The first-order valence-corrected chi connectivity index (χ1v) is 7.93. The number of hydrogen-bond acceptors (Lipinski definition) is 3. The molecule has 1 aromatic heterocycles. The molecule has 1 heterocycles. The van der Waals surface area contributed by atoms with Gasteiger partial charge in [0.15, 0.2) is 0 Å². The number of benzene rings is 1. The number of nitrogens with one attached hydrogen (secondary N) is 1. The smallest absolute Gasteiger partial charge is 0.244 e. The van der Waals surface area contributed by atoms with Gasteiger partial charge in [-0.3, -0.25) is 4.79 Å². The quantitative estimate of drug-likeness (QED) is 0.572. The fourth-order valence-corrected chi connectivity index (χ4v) is 2.08. The minimum absolute atomic E-state index is 0.0964. The van der Waals surface area contributed by atoms with Crippen molar-refractivity contribution in [1.82, 2.24) is 14.9 Å². The fourth-order valence-electron chi connectivity index (χ4n) is 2.08. The Morgan fingerprint density at radius 1 is 1.39 bits per heavy atom. The molecule has 0 bridgehead atoms. The lowest BCUT2D eigenvalue weighted by Gasteiger charge is -2.07. The number of ether oxygens (including phenoxy) is 1. The molecule has 0 aliphatic carbocycles. The Bertz CT molecular complexity index is 621. The Morgan fingerprint density at radius 2 is 2.26 bits per heavy atom. The third-order valence-corrected chi connectivity index (χ3v) is 3.25. The molecule has 0 aliphatic heterocycles. The number of aryl methyl sites for hydroxylation is 1. The molecule has 0 spiro atoms. The van der Waals surface area contributed by atoms with Crippen LogP contribution < -0.4 is 10.1 Å². The molecule has 5 heteroatoms. The van der Waals surface area contributed by atoms with E-state index in [1.54, 1.807) is 24.7 Å². The second-order valence-electron chi connectivity index (χ2n) is 5.16. The van der Waals surface area contributed by atoms with Gasteiger partial charge in [0.2, 0.25) is 5.91 Å². The van der Waals surface area contributed by atoms with E-state index in [1.165, 1.54) is 0 Å².